The normalized spacial score (nSPS) is 23.8. The van der Waals surface area contributed by atoms with E-state index < -0.39 is 0 Å². The van der Waals surface area contributed by atoms with E-state index in [2.05, 4.69) is 28.4 Å². The van der Waals surface area contributed by atoms with Crippen LogP contribution in [0.4, 0.5) is 0 Å². The highest BCUT2D eigenvalue weighted by molar-refractivity contribution is 5.77. The number of aromatic nitrogens is 2. The number of hydrogen-bond donors (Lipinski definition) is 1. The van der Waals surface area contributed by atoms with Crippen molar-refractivity contribution in [2.24, 2.45) is 0 Å². The highest BCUT2D eigenvalue weighted by Crippen LogP contribution is 2.31. The summed E-state index contributed by atoms with van der Waals surface area (Å²) in [6, 6.07) is 10.3. The number of aromatic amines is 1. The molecule has 0 aliphatic carbocycles. The van der Waals surface area contributed by atoms with Gasteiger partial charge in [-0.15, -0.1) is 0 Å². The van der Waals surface area contributed by atoms with Crippen molar-refractivity contribution < 1.29 is 9.53 Å². The van der Waals surface area contributed by atoms with Gasteiger partial charge in [0.1, 0.15) is 0 Å². The van der Waals surface area contributed by atoms with Gasteiger partial charge in [0.25, 0.3) is 0 Å². The van der Waals surface area contributed by atoms with E-state index in [0.29, 0.717) is 18.9 Å². The van der Waals surface area contributed by atoms with E-state index in [9.17, 15) is 4.79 Å². The van der Waals surface area contributed by atoms with Crippen LogP contribution in [-0.4, -0.2) is 40.7 Å². The molecule has 5 heteroatoms. The SMILES string of the molecule is O=C(C[C@@H]1OCCc2ccccc21)N1CCC[C@H](c2ccn[nH]2)C1. The summed E-state index contributed by atoms with van der Waals surface area (Å²) in [7, 11) is 0. The van der Waals surface area contributed by atoms with Crippen LogP contribution >= 0.6 is 0 Å². The Morgan fingerprint density at radius 1 is 1.33 bits per heavy atom. The lowest BCUT2D eigenvalue weighted by atomic mass is 9.93. The fourth-order valence-electron chi connectivity index (χ4n) is 3.89. The van der Waals surface area contributed by atoms with Crippen LogP contribution in [-0.2, 0) is 16.0 Å². The first-order valence-electron chi connectivity index (χ1n) is 8.77. The van der Waals surface area contributed by atoms with Crippen LogP contribution < -0.4 is 0 Å². The maximum absolute atomic E-state index is 12.8. The molecule has 2 atom stereocenters. The minimum Gasteiger partial charge on any atom is -0.373 e. The minimum atomic E-state index is -0.102. The van der Waals surface area contributed by atoms with Crippen molar-refractivity contribution >= 4 is 5.91 Å². The zero-order valence-corrected chi connectivity index (χ0v) is 13.8. The number of benzene rings is 1. The number of amides is 1. The van der Waals surface area contributed by atoms with Crippen molar-refractivity contribution in [3.8, 4) is 0 Å². The first kappa shape index (κ1) is 15.4. The smallest absolute Gasteiger partial charge is 0.225 e. The molecule has 5 nitrogen and oxygen atoms in total. The molecular formula is C19H23N3O2. The Morgan fingerprint density at radius 2 is 2.25 bits per heavy atom. The molecule has 4 rings (SSSR count). The van der Waals surface area contributed by atoms with Crippen molar-refractivity contribution in [3.63, 3.8) is 0 Å². The molecule has 2 aromatic rings. The lowest BCUT2D eigenvalue weighted by Gasteiger charge is -2.34. The second kappa shape index (κ2) is 6.77. The molecule has 1 fully saturated rings. The second-order valence-corrected chi connectivity index (χ2v) is 6.70. The van der Waals surface area contributed by atoms with E-state index in [4.69, 9.17) is 4.74 Å². The van der Waals surface area contributed by atoms with E-state index >= 15 is 0 Å². The Kier molecular flexibility index (Phi) is 4.34. The standard InChI is InChI=1S/C19H23N3O2/c23-19(12-18-16-6-2-1-4-14(16)8-11-24-18)22-10-3-5-15(13-22)17-7-9-20-21-17/h1-2,4,6-7,9,15,18H,3,5,8,10-13H2,(H,20,21)/t15-,18-/m0/s1. The lowest BCUT2D eigenvalue weighted by Crippen LogP contribution is -2.40. The number of hydrogen-bond acceptors (Lipinski definition) is 3. The molecule has 0 radical (unpaired) electrons. The van der Waals surface area contributed by atoms with E-state index in [-0.39, 0.29) is 12.0 Å². The third-order valence-corrected chi connectivity index (χ3v) is 5.19. The maximum atomic E-state index is 12.8. The van der Waals surface area contributed by atoms with Gasteiger partial charge < -0.3 is 9.64 Å². The number of H-pyrrole nitrogens is 1. The van der Waals surface area contributed by atoms with E-state index in [0.717, 1.165) is 38.0 Å². The number of ether oxygens (including phenoxy) is 1. The zero-order chi connectivity index (χ0) is 16.4. The molecule has 1 aromatic heterocycles. The molecule has 2 aliphatic rings. The molecule has 3 heterocycles. The predicted octanol–water partition coefficient (Wildman–Crippen LogP) is 2.82. The molecule has 126 valence electrons. The molecule has 0 unspecified atom stereocenters. The fourth-order valence-corrected chi connectivity index (χ4v) is 3.89. The van der Waals surface area contributed by atoms with Crippen LogP contribution in [0.2, 0.25) is 0 Å². The summed E-state index contributed by atoms with van der Waals surface area (Å²) in [5, 5.41) is 7.09. The summed E-state index contributed by atoms with van der Waals surface area (Å²) in [4.78, 5) is 14.8. The monoisotopic (exact) mass is 325 g/mol. The molecule has 0 spiro atoms. The van der Waals surface area contributed by atoms with Crippen molar-refractivity contribution in [2.45, 2.75) is 37.7 Å². The Labute approximate surface area is 142 Å². The Hall–Kier alpha value is -2.14. The van der Waals surface area contributed by atoms with Gasteiger partial charge in [-0.3, -0.25) is 9.89 Å². The zero-order valence-electron chi connectivity index (χ0n) is 13.8. The van der Waals surface area contributed by atoms with Crippen molar-refractivity contribution in [1.82, 2.24) is 15.1 Å². The van der Waals surface area contributed by atoms with Gasteiger partial charge in [0.05, 0.1) is 19.1 Å². The van der Waals surface area contributed by atoms with Gasteiger partial charge in [0, 0.05) is 30.9 Å². The van der Waals surface area contributed by atoms with Crippen molar-refractivity contribution in [3.05, 3.63) is 53.3 Å². The summed E-state index contributed by atoms with van der Waals surface area (Å²) >= 11 is 0. The lowest BCUT2D eigenvalue weighted by molar-refractivity contribution is -0.135. The van der Waals surface area contributed by atoms with Crippen LogP contribution in [0, 0.1) is 0 Å². The molecular weight excluding hydrogens is 302 g/mol. The predicted molar refractivity (Wildman–Crippen MR) is 90.6 cm³/mol. The summed E-state index contributed by atoms with van der Waals surface area (Å²) < 4.78 is 5.90. The molecule has 0 saturated carbocycles. The summed E-state index contributed by atoms with van der Waals surface area (Å²) in [5.41, 5.74) is 3.63. The summed E-state index contributed by atoms with van der Waals surface area (Å²) in [5.74, 6) is 0.561. The quantitative estimate of drug-likeness (QED) is 0.944. The number of carbonyl (C=O) groups excluding carboxylic acids is 1. The van der Waals surface area contributed by atoms with Crippen molar-refractivity contribution in [1.29, 1.82) is 0 Å². The number of nitrogens with zero attached hydrogens (tertiary/aromatic N) is 2. The largest absolute Gasteiger partial charge is 0.373 e. The van der Waals surface area contributed by atoms with Gasteiger partial charge in [-0.05, 0) is 36.5 Å². The van der Waals surface area contributed by atoms with Gasteiger partial charge in [0.2, 0.25) is 5.91 Å². The average molecular weight is 325 g/mol. The number of piperidine rings is 1. The molecule has 0 bridgehead atoms. The second-order valence-electron chi connectivity index (χ2n) is 6.70. The third-order valence-electron chi connectivity index (χ3n) is 5.19. The van der Waals surface area contributed by atoms with E-state index in [1.807, 2.05) is 17.0 Å². The van der Waals surface area contributed by atoms with Crippen LogP contribution in [0.25, 0.3) is 0 Å². The first-order chi connectivity index (χ1) is 11.8. The van der Waals surface area contributed by atoms with Gasteiger partial charge in [0.15, 0.2) is 0 Å². The summed E-state index contributed by atoms with van der Waals surface area (Å²) in [6.07, 6.45) is 5.20. The fraction of sp³-hybridized carbons (Fsp3) is 0.474. The highest BCUT2D eigenvalue weighted by Gasteiger charge is 2.29. The number of fused-ring (bicyclic) bond motifs is 1. The van der Waals surface area contributed by atoms with E-state index in [1.165, 1.54) is 11.1 Å². The van der Waals surface area contributed by atoms with Crippen LogP contribution in [0.5, 0.6) is 0 Å². The highest BCUT2D eigenvalue weighted by atomic mass is 16.5. The molecule has 1 N–H and O–H groups in total. The Balaban J connectivity index is 1.43. The number of carbonyl (C=O) groups is 1. The first-order valence-corrected chi connectivity index (χ1v) is 8.77. The Morgan fingerprint density at radius 3 is 3.12 bits per heavy atom. The molecule has 1 aromatic carbocycles. The van der Waals surface area contributed by atoms with Crippen LogP contribution in [0.3, 0.4) is 0 Å². The Bertz CT molecular complexity index is 698. The van der Waals surface area contributed by atoms with Gasteiger partial charge in [-0.1, -0.05) is 24.3 Å². The topological polar surface area (TPSA) is 58.2 Å². The molecule has 2 aliphatic heterocycles. The minimum absolute atomic E-state index is 0.102. The van der Waals surface area contributed by atoms with Crippen LogP contribution in [0.1, 0.15) is 48.1 Å². The van der Waals surface area contributed by atoms with Gasteiger partial charge in [-0.25, -0.2) is 0 Å². The van der Waals surface area contributed by atoms with Crippen molar-refractivity contribution in [2.75, 3.05) is 19.7 Å². The molecule has 1 amide bonds. The molecule has 1 saturated heterocycles. The maximum Gasteiger partial charge on any atom is 0.225 e. The van der Waals surface area contributed by atoms with Gasteiger partial charge >= 0.3 is 0 Å². The van der Waals surface area contributed by atoms with E-state index in [1.54, 1.807) is 6.20 Å². The third kappa shape index (κ3) is 3.08. The average Bonchev–Trinajstić information content (AvgIpc) is 3.17. The summed E-state index contributed by atoms with van der Waals surface area (Å²) in [6.45, 7) is 2.32. The number of nitrogens with one attached hydrogen (secondary N) is 1. The van der Waals surface area contributed by atoms with Gasteiger partial charge in [-0.2, -0.15) is 5.10 Å². The number of rotatable bonds is 3. The number of likely N-dealkylation sites (tertiary alicyclic amines) is 1. The van der Waals surface area contributed by atoms with Crippen LogP contribution in [0.15, 0.2) is 36.5 Å². The molecule has 24 heavy (non-hydrogen) atoms.